The van der Waals surface area contributed by atoms with E-state index in [0.29, 0.717) is 0 Å². The Morgan fingerprint density at radius 2 is 1.21 bits per heavy atom. The van der Waals surface area contributed by atoms with Gasteiger partial charge in [-0.15, -0.1) is 53.6 Å². The summed E-state index contributed by atoms with van der Waals surface area (Å²) in [5, 5.41) is 12.4. The molecule has 0 unspecified atom stereocenters. The molecule has 277 valence electrons. The molecule has 5 heteroatoms. The van der Waals surface area contributed by atoms with Gasteiger partial charge in [-0.3, -0.25) is 4.98 Å². The minimum absolute atomic E-state index is 0. The molecule has 0 bridgehead atoms. The molecular formula is C53H33IrN3S-2. The zero-order valence-corrected chi connectivity index (χ0v) is 34.6. The van der Waals surface area contributed by atoms with Crippen LogP contribution in [-0.4, -0.2) is 14.4 Å². The molecule has 0 atom stereocenters. The van der Waals surface area contributed by atoms with E-state index in [0.717, 1.165) is 39.2 Å². The first kappa shape index (κ1) is 35.9. The van der Waals surface area contributed by atoms with Gasteiger partial charge in [-0.25, -0.2) is 0 Å². The van der Waals surface area contributed by atoms with Crippen LogP contribution in [0.2, 0.25) is 0 Å². The number of rotatable bonds is 2. The monoisotopic (exact) mass is 936 g/mol. The number of pyridine rings is 1. The quantitative estimate of drug-likeness (QED) is 0.162. The Bertz CT molecular complexity index is 3500. The molecule has 0 aliphatic rings. The van der Waals surface area contributed by atoms with Crippen LogP contribution in [0.1, 0.15) is 5.56 Å². The summed E-state index contributed by atoms with van der Waals surface area (Å²) in [5.41, 5.74) is 7.51. The summed E-state index contributed by atoms with van der Waals surface area (Å²) in [4.78, 5) is 9.66. The van der Waals surface area contributed by atoms with Crippen LogP contribution < -0.4 is 0 Å². The van der Waals surface area contributed by atoms with E-state index < -0.39 is 0 Å². The molecule has 4 heterocycles. The first-order valence-electron chi connectivity index (χ1n) is 19.2. The summed E-state index contributed by atoms with van der Waals surface area (Å²) >= 11 is 1.85. The van der Waals surface area contributed by atoms with Gasteiger partial charge in [-0.2, -0.15) is 11.3 Å². The predicted octanol–water partition coefficient (Wildman–Crippen LogP) is 14.4. The standard InChI is InChI=1S/C42H25N2S.C11H8N.Ir/c1-25-21-22-34(41-39(25)35-23-26-11-2-3-12-27(26)24-38(35)45-41)42-43-36-19-10-18-33-31-16-7-5-14-29(31)28-13-4-6-15-30(28)32-17-8-9-20-37(32)44(42)40(33)36;1-2-6-10(7-3-1)11-8-4-5-9-12-11;/h2-21,23-24H,1H3;1-6,8-9H;/q2*-1;. The fraction of sp³-hybridized carbons (Fsp3) is 0.0189. The van der Waals surface area contributed by atoms with E-state index >= 15 is 0 Å². The number of imidazole rings is 1. The molecule has 12 aromatic rings. The Morgan fingerprint density at radius 3 is 1.93 bits per heavy atom. The second-order valence-corrected chi connectivity index (χ2v) is 15.4. The number of thiophene rings is 1. The van der Waals surface area contributed by atoms with Crippen molar-refractivity contribution in [1.29, 1.82) is 0 Å². The third kappa shape index (κ3) is 5.90. The van der Waals surface area contributed by atoms with Crippen LogP contribution in [0.25, 0.3) is 102 Å². The summed E-state index contributed by atoms with van der Waals surface area (Å²) in [7, 11) is 0. The van der Waals surface area contributed by atoms with Crippen molar-refractivity contribution in [3.63, 3.8) is 0 Å². The molecule has 8 aromatic carbocycles. The Hall–Kier alpha value is -6.49. The fourth-order valence-electron chi connectivity index (χ4n) is 8.46. The summed E-state index contributed by atoms with van der Waals surface area (Å²) < 4.78 is 4.92. The first-order chi connectivity index (χ1) is 28.2. The van der Waals surface area contributed by atoms with Crippen LogP contribution in [0, 0.1) is 19.1 Å². The molecule has 0 fully saturated rings. The molecular weight excluding hydrogens is 903 g/mol. The van der Waals surface area contributed by atoms with Gasteiger partial charge >= 0.3 is 0 Å². The molecule has 4 aromatic heterocycles. The second kappa shape index (κ2) is 14.8. The molecule has 3 nitrogen and oxygen atoms in total. The largest absolute Gasteiger partial charge is 0.332 e. The van der Waals surface area contributed by atoms with Crippen molar-refractivity contribution >= 4 is 91.1 Å². The Balaban J connectivity index is 0.000000270. The van der Waals surface area contributed by atoms with Crippen molar-refractivity contribution in [3.8, 4) is 22.6 Å². The topological polar surface area (TPSA) is 30.2 Å². The van der Waals surface area contributed by atoms with Crippen LogP contribution in [0.5, 0.6) is 0 Å². The van der Waals surface area contributed by atoms with E-state index in [1.54, 1.807) is 6.20 Å². The molecule has 58 heavy (non-hydrogen) atoms. The van der Waals surface area contributed by atoms with Gasteiger partial charge in [0.25, 0.3) is 0 Å². The smallest absolute Gasteiger partial charge is 0.0780 e. The van der Waals surface area contributed by atoms with Crippen molar-refractivity contribution in [1.82, 2.24) is 14.4 Å². The number of hydrogen-bond acceptors (Lipinski definition) is 3. The number of nitrogens with zero attached hydrogens (tertiary/aromatic N) is 3. The van der Waals surface area contributed by atoms with E-state index in [9.17, 15) is 0 Å². The molecule has 12 rings (SSSR count). The van der Waals surface area contributed by atoms with Crippen molar-refractivity contribution in [2.24, 2.45) is 0 Å². The number of para-hydroxylation sites is 2. The Kier molecular flexibility index (Phi) is 9.15. The third-order valence-electron chi connectivity index (χ3n) is 11.0. The predicted molar refractivity (Wildman–Crippen MR) is 242 cm³/mol. The molecule has 0 aliphatic carbocycles. The maximum Gasteiger partial charge on any atom is 0.0780 e. The van der Waals surface area contributed by atoms with Crippen LogP contribution in [-0.2, 0) is 20.1 Å². The summed E-state index contributed by atoms with van der Waals surface area (Å²) in [6.07, 6.45) is 1.79. The molecule has 0 N–H and O–H groups in total. The van der Waals surface area contributed by atoms with Crippen molar-refractivity contribution in [2.45, 2.75) is 6.92 Å². The number of benzene rings is 8. The van der Waals surface area contributed by atoms with Crippen molar-refractivity contribution < 1.29 is 20.1 Å². The normalized spacial score (nSPS) is 11.4. The summed E-state index contributed by atoms with van der Waals surface area (Å²) in [6, 6.07) is 68.9. The van der Waals surface area contributed by atoms with Gasteiger partial charge in [-0.1, -0.05) is 133 Å². The van der Waals surface area contributed by atoms with E-state index in [2.05, 4.69) is 162 Å². The van der Waals surface area contributed by atoms with Gasteiger partial charge in [0.1, 0.15) is 0 Å². The van der Waals surface area contributed by atoms with Crippen LogP contribution in [0.15, 0.2) is 182 Å². The zero-order chi connectivity index (χ0) is 37.9. The van der Waals surface area contributed by atoms with E-state index in [1.807, 2.05) is 53.8 Å². The van der Waals surface area contributed by atoms with Gasteiger partial charge in [0.15, 0.2) is 0 Å². The SMILES string of the molecule is Cc1c[c-]c(-c2nc3cccc4c5ccccc5c5ccccc5c5ccccc5n2c34)c2sc3cc4ccccc4cc3c12.[Ir].[c-]1ccccc1-c1ccccn1. The molecule has 0 saturated carbocycles. The van der Waals surface area contributed by atoms with Gasteiger partial charge < -0.3 is 9.38 Å². The number of hydrogen-bond donors (Lipinski definition) is 0. The van der Waals surface area contributed by atoms with E-state index in [-0.39, 0.29) is 20.1 Å². The van der Waals surface area contributed by atoms with Gasteiger partial charge in [-0.05, 0) is 78.4 Å². The minimum Gasteiger partial charge on any atom is -0.332 e. The summed E-state index contributed by atoms with van der Waals surface area (Å²) in [6.45, 7) is 2.21. The molecule has 0 aliphatic heterocycles. The zero-order valence-electron chi connectivity index (χ0n) is 31.4. The Labute approximate surface area is 352 Å². The van der Waals surface area contributed by atoms with Crippen LogP contribution >= 0.6 is 11.3 Å². The number of aromatic nitrogens is 3. The van der Waals surface area contributed by atoms with Gasteiger partial charge in [0, 0.05) is 47.3 Å². The molecule has 0 saturated heterocycles. The van der Waals surface area contributed by atoms with Crippen LogP contribution in [0.4, 0.5) is 0 Å². The van der Waals surface area contributed by atoms with Gasteiger partial charge in [0.05, 0.1) is 16.9 Å². The third-order valence-corrected chi connectivity index (χ3v) is 12.2. The van der Waals surface area contributed by atoms with Crippen LogP contribution in [0.3, 0.4) is 0 Å². The average molecular weight is 936 g/mol. The number of fused-ring (bicyclic) bond motifs is 11. The average Bonchev–Trinajstić information content (AvgIpc) is 3.86. The van der Waals surface area contributed by atoms with E-state index in [1.165, 1.54) is 68.8 Å². The molecule has 1 radical (unpaired) electrons. The second-order valence-electron chi connectivity index (χ2n) is 14.4. The molecule has 0 amide bonds. The minimum atomic E-state index is 0. The maximum absolute atomic E-state index is 5.44. The Morgan fingerprint density at radius 1 is 0.569 bits per heavy atom. The van der Waals surface area contributed by atoms with Crippen molar-refractivity contribution in [2.75, 3.05) is 0 Å². The van der Waals surface area contributed by atoms with Gasteiger partial charge in [0.2, 0.25) is 0 Å². The molecule has 0 spiro atoms. The van der Waals surface area contributed by atoms with E-state index in [4.69, 9.17) is 4.98 Å². The maximum atomic E-state index is 5.44. The number of aryl methyl sites for hydroxylation is 1. The fourth-order valence-corrected chi connectivity index (χ4v) is 9.76. The summed E-state index contributed by atoms with van der Waals surface area (Å²) in [5.74, 6) is 0.919. The first-order valence-corrected chi connectivity index (χ1v) is 20.0. The van der Waals surface area contributed by atoms with Crippen molar-refractivity contribution in [3.05, 3.63) is 200 Å².